The molecule has 0 aliphatic heterocycles. The van der Waals surface area contributed by atoms with Gasteiger partial charge >= 0.3 is 0 Å². The van der Waals surface area contributed by atoms with Crippen molar-refractivity contribution in [3.63, 3.8) is 0 Å². The van der Waals surface area contributed by atoms with Crippen LogP contribution in [0.3, 0.4) is 0 Å². The van der Waals surface area contributed by atoms with Crippen molar-refractivity contribution in [3.8, 4) is 0 Å². The van der Waals surface area contributed by atoms with Gasteiger partial charge in [0.2, 0.25) is 0 Å². The molecule has 1 heterocycles. The zero-order valence-corrected chi connectivity index (χ0v) is 9.58. The highest BCUT2D eigenvalue weighted by Gasteiger charge is 2.20. The summed E-state index contributed by atoms with van der Waals surface area (Å²) in [6, 6.07) is 0.757. The van der Waals surface area contributed by atoms with Crippen molar-refractivity contribution in [2.24, 2.45) is 0 Å². The molecule has 82 valence electrons. The summed E-state index contributed by atoms with van der Waals surface area (Å²) in [4.78, 5) is 4.28. The maximum Gasteiger partial charge on any atom is 0.0954 e. The summed E-state index contributed by atoms with van der Waals surface area (Å²) in [6.07, 6.45) is 4.56. The number of nitrogens with one attached hydrogen (secondary N) is 1. The zero-order valence-electron chi connectivity index (χ0n) is 9.58. The van der Waals surface area contributed by atoms with Crippen LogP contribution in [0.5, 0.6) is 0 Å². The van der Waals surface area contributed by atoms with Crippen LogP contribution in [0, 0.1) is 13.8 Å². The van der Waals surface area contributed by atoms with Crippen molar-refractivity contribution >= 4 is 0 Å². The quantitative estimate of drug-likeness (QED) is 0.743. The van der Waals surface area contributed by atoms with E-state index in [0.717, 1.165) is 24.8 Å². The monoisotopic (exact) mass is 205 g/mol. The van der Waals surface area contributed by atoms with Gasteiger partial charge in [-0.15, -0.1) is 0 Å². The maximum absolute atomic E-state index is 4.28. The lowest BCUT2D eigenvalue weighted by atomic mass is 10.3. The molecule has 0 amide bonds. The second-order valence-electron chi connectivity index (χ2n) is 4.45. The van der Waals surface area contributed by atoms with E-state index in [9.17, 15) is 0 Å². The van der Waals surface area contributed by atoms with Crippen LogP contribution in [0.2, 0.25) is 0 Å². The number of rotatable bonds is 5. The molecule has 2 rings (SSSR count). The third-order valence-electron chi connectivity index (χ3n) is 2.96. The first-order valence-corrected chi connectivity index (χ1v) is 5.55. The summed E-state index contributed by atoms with van der Waals surface area (Å²) in [5.74, 6) is 0. The van der Waals surface area contributed by atoms with Gasteiger partial charge in [0, 0.05) is 24.8 Å². The van der Waals surface area contributed by atoms with Crippen LogP contribution in [0.25, 0.3) is 0 Å². The van der Waals surface area contributed by atoms with Gasteiger partial charge in [-0.25, -0.2) is 4.98 Å². The fraction of sp³-hybridized carbons (Fsp3) is 0.583. The average Bonchev–Trinajstić information content (AvgIpc) is 2.98. The van der Waals surface area contributed by atoms with E-state index in [-0.39, 0.29) is 0 Å². The van der Waals surface area contributed by atoms with E-state index < -0.39 is 0 Å². The van der Waals surface area contributed by atoms with Gasteiger partial charge in [-0.3, -0.25) is 0 Å². The smallest absolute Gasteiger partial charge is 0.0954 e. The van der Waals surface area contributed by atoms with Crippen LogP contribution in [0.4, 0.5) is 0 Å². The fourth-order valence-corrected chi connectivity index (χ4v) is 1.58. The van der Waals surface area contributed by atoms with Crippen molar-refractivity contribution < 1.29 is 0 Å². The summed E-state index contributed by atoms with van der Waals surface area (Å²) >= 11 is 0. The predicted octanol–water partition coefficient (Wildman–Crippen LogP) is 1.81. The maximum atomic E-state index is 4.28. The Morgan fingerprint density at radius 3 is 2.87 bits per heavy atom. The van der Waals surface area contributed by atoms with E-state index in [0.29, 0.717) is 0 Å². The fourth-order valence-electron chi connectivity index (χ4n) is 1.58. The van der Waals surface area contributed by atoms with E-state index in [1.54, 1.807) is 0 Å². The number of hydrogen-bond donors (Lipinski definition) is 1. The van der Waals surface area contributed by atoms with Crippen molar-refractivity contribution in [2.45, 2.75) is 39.3 Å². The van der Waals surface area contributed by atoms with Crippen LogP contribution < -0.4 is 5.32 Å². The molecule has 0 aromatic carbocycles. The first kappa shape index (κ1) is 10.4. The Kier molecular flexibility index (Phi) is 2.91. The molecule has 1 aliphatic carbocycles. The number of hydrogen-bond acceptors (Lipinski definition) is 2. The minimum Gasteiger partial charge on any atom is -0.330 e. The molecule has 0 atom stereocenters. The average molecular weight is 205 g/mol. The number of nitrogens with zero attached hydrogens (tertiary/aromatic N) is 2. The lowest BCUT2D eigenvalue weighted by Gasteiger charge is -2.09. The molecule has 15 heavy (non-hydrogen) atoms. The van der Waals surface area contributed by atoms with Gasteiger partial charge < -0.3 is 9.88 Å². The molecule has 1 aromatic rings. The lowest BCUT2D eigenvalue weighted by molar-refractivity contribution is 0.674. The van der Waals surface area contributed by atoms with Gasteiger partial charge in [0.05, 0.1) is 12.0 Å². The van der Waals surface area contributed by atoms with Crippen LogP contribution in [-0.2, 0) is 6.54 Å². The van der Waals surface area contributed by atoms with Gasteiger partial charge in [-0.05, 0) is 32.3 Å². The van der Waals surface area contributed by atoms with Crippen LogP contribution in [0.1, 0.15) is 24.2 Å². The van der Waals surface area contributed by atoms with E-state index in [1.807, 2.05) is 13.3 Å². The van der Waals surface area contributed by atoms with E-state index >= 15 is 0 Å². The Hall–Kier alpha value is -1.09. The van der Waals surface area contributed by atoms with Gasteiger partial charge in [0.15, 0.2) is 0 Å². The topological polar surface area (TPSA) is 29.9 Å². The third kappa shape index (κ3) is 2.69. The van der Waals surface area contributed by atoms with Gasteiger partial charge in [-0.1, -0.05) is 6.58 Å². The van der Waals surface area contributed by atoms with Crippen molar-refractivity contribution in [1.82, 2.24) is 14.9 Å². The van der Waals surface area contributed by atoms with E-state index in [4.69, 9.17) is 0 Å². The van der Waals surface area contributed by atoms with E-state index in [1.165, 1.54) is 24.1 Å². The highest BCUT2D eigenvalue weighted by atomic mass is 15.1. The second-order valence-corrected chi connectivity index (χ2v) is 4.45. The standard InChI is InChI=1S/C12H19N3/c1-9(6-13-12-4-5-12)7-15-8-14-10(2)11(15)3/h8,12-13H,1,4-7H2,2-3H3. The summed E-state index contributed by atoms with van der Waals surface area (Å²) < 4.78 is 2.16. The van der Waals surface area contributed by atoms with Crippen molar-refractivity contribution in [2.75, 3.05) is 6.54 Å². The van der Waals surface area contributed by atoms with Crippen LogP contribution in [0.15, 0.2) is 18.5 Å². The Morgan fingerprint density at radius 1 is 1.60 bits per heavy atom. The molecule has 0 radical (unpaired) electrons. The zero-order chi connectivity index (χ0) is 10.8. The molecular weight excluding hydrogens is 186 g/mol. The molecule has 0 spiro atoms. The number of aryl methyl sites for hydroxylation is 1. The molecule has 1 saturated carbocycles. The molecule has 0 saturated heterocycles. The molecule has 1 aliphatic rings. The Morgan fingerprint density at radius 2 is 2.33 bits per heavy atom. The number of imidazole rings is 1. The summed E-state index contributed by atoms with van der Waals surface area (Å²) in [7, 11) is 0. The molecule has 0 bridgehead atoms. The minimum absolute atomic E-state index is 0.757. The van der Waals surface area contributed by atoms with Crippen LogP contribution >= 0.6 is 0 Å². The van der Waals surface area contributed by atoms with Crippen molar-refractivity contribution in [1.29, 1.82) is 0 Å². The molecule has 3 nitrogen and oxygen atoms in total. The third-order valence-corrected chi connectivity index (χ3v) is 2.96. The molecule has 1 N–H and O–H groups in total. The Bertz CT molecular complexity index is 361. The highest BCUT2D eigenvalue weighted by molar-refractivity contribution is 5.11. The predicted molar refractivity (Wildman–Crippen MR) is 61.9 cm³/mol. The Labute approximate surface area is 91.2 Å². The molecule has 1 fully saturated rings. The first-order valence-electron chi connectivity index (χ1n) is 5.55. The molecule has 3 heteroatoms. The van der Waals surface area contributed by atoms with E-state index in [2.05, 4.69) is 28.4 Å². The molecule has 0 unspecified atom stereocenters. The van der Waals surface area contributed by atoms with Gasteiger partial charge in [0.25, 0.3) is 0 Å². The molecular formula is C12H19N3. The SMILES string of the molecule is C=C(CNC1CC1)Cn1cnc(C)c1C. The number of aromatic nitrogens is 2. The lowest BCUT2D eigenvalue weighted by Crippen LogP contribution is -2.20. The highest BCUT2D eigenvalue weighted by Crippen LogP contribution is 2.18. The minimum atomic E-state index is 0.757. The first-order chi connectivity index (χ1) is 7.16. The summed E-state index contributed by atoms with van der Waals surface area (Å²) in [5.41, 5.74) is 3.57. The molecule has 1 aromatic heterocycles. The summed E-state index contributed by atoms with van der Waals surface area (Å²) in [5, 5.41) is 3.47. The second kappa shape index (κ2) is 4.19. The largest absolute Gasteiger partial charge is 0.330 e. The Balaban J connectivity index is 1.84. The van der Waals surface area contributed by atoms with Crippen molar-refractivity contribution in [3.05, 3.63) is 29.9 Å². The van der Waals surface area contributed by atoms with Gasteiger partial charge in [-0.2, -0.15) is 0 Å². The normalized spacial score (nSPS) is 15.6. The summed E-state index contributed by atoms with van der Waals surface area (Å²) in [6.45, 7) is 10.0. The van der Waals surface area contributed by atoms with Gasteiger partial charge in [0.1, 0.15) is 0 Å². The van der Waals surface area contributed by atoms with Crippen LogP contribution in [-0.4, -0.2) is 22.1 Å².